The van der Waals surface area contributed by atoms with E-state index in [0.717, 1.165) is 42.1 Å². The molecule has 18 heavy (non-hydrogen) atoms. The molecule has 0 aliphatic carbocycles. The highest BCUT2D eigenvalue weighted by molar-refractivity contribution is 9.08. The van der Waals surface area contributed by atoms with E-state index < -0.39 is 0 Å². The molecule has 1 amide bonds. The van der Waals surface area contributed by atoms with E-state index in [4.69, 9.17) is 0 Å². The average molecular weight is 328 g/mol. The zero-order valence-corrected chi connectivity index (χ0v) is 13.0. The summed E-state index contributed by atoms with van der Waals surface area (Å²) in [6, 6.07) is 7.88. The summed E-state index contributed by atoms with van der Waals surface area (Å²) in [5.74, 6) is 0.177. The number of carbonyl (C=O) groups is 1. The Morgan fingerprint density at radius 3 is 2.44 bits per heavy atom. The second-order valence-corrected chi connectivity index (χ2v) is 6.26. The van der Waals surface area contributed by atoms with E-state index in [1.54, 1.807) is 0 Å². The van der Waals surface area contributed by atoms with Crippen LogP contribution in [0.1, 0.15) is 28.8 Å². The molecule has 0 bridgehead atoms. The van der Waals surface area contributed by atoms with E-state index in [-0.39, 0.29) is 5.91 Å². The van der Waals surface area contributed by atoms with Gasteiger partial charge in [0.1, 0.15) is 0 Å². The van der Waals surface area contributed by atoms with Gasteiger partial charge in [-0.1, -0.05) is 28.1 Å². The summed E-state index contributed by atoms with van der Waals surface area (Å²) in [6.45, 7) is 1.79. The lowest BCUT2D eigenvalue weighted by molar-refractivity contribution is 0.0727. The van der Waals surface area contributed by atoms with E-state index in [9.17, 15) is 4.79 Å². The highest BCUT2D eigenvalue weighted by Crippen LogP contribution is 2.22. The average Bonchev–Trinajstić information content (AvgIpc) is 2.47. The van der Waals surface area contributed by atoms with Crippen molar-refractivity contribution in [2.45, 2.75) is 23.4 Å². The fraction of sp³-hybridized carbons (Fsp3) is 0.500. The van der Waals surface area contributed by atoms with Crippen LogP contribution < -0.4 is 0 Å². The second kappa shape index (κ2) is 6.62. The third kappa shape index (κ3) is 3.29. The number of alkyl halides is 1. The number of piperidine rings is 1. The summed E-state index contributed by atoms with van der Waals surface area (Å²) in [7, 11) is 0. The van der Waals surface area contributed by atoms with Gasteiger partial charge in [-0.2, -0.15) is 11.8 Å². The molecule has 98 valence electrons. The normalized spacial score (nSPS) is 16.9. The number of halogens is 1. The molecule has 1 aliphatic heterocycles. The quantitative estimate of drug-likeness (QED) is 0.791. The van der Waals surface area contributed by atoms with Crippen LogP contribution in [0, 0.1) is 0 Å². The summed E-state index contributed by atoms with van der Waals surface area (Å²) >= 11 is 5.33. The van der Waals surface area contributed by atoms with Crippen molar-refractivity contribution in [3.05, 3.63) is 35.4 Å². The van der Waals surface area contributed by atoms with Crippen LogP contribution in [0.3, 0.4) is 0 Å². The minimum absolute atomic E-state index is 0.177. The molecule has 0 radical (unpaired) electrons. The Hall–Kier alpha value is -0.480. The monoisotopic (exact) mass is 327 g/mol. The molecular formula is C14H18BrNOS. The molecule has 1 aromatic carbocycles. The highest BCUT2D eigenvalue weighted by Gasteiger charge is 2.22. The SMILES string of the molecule is CSC1CCN(C(=O)c2ccc(CBr)cc2)CC1. The first-order valence-electron chi connectivity index (χ1n) is 6.21. The Morgan fingerprint density at radius 1 is 1.33 bits per heavy atom. The van der Waals surface area contributed by atoms with Crippen molar-refractivity contribution in [2.75, 3.05) is 19.3 Å². The second-order valence-electron chi connectivity index (χ2n) is 4.56. The molecule has 2 rings (SSSR count). The van der Waals surface area contributed by atoms with E-state index in [1.807, 2.05) is 40.9 Å². The van der Waals surface area contributed by atoms with Crippen LogP contribution in [-0.4, -0.2) is 35.4 Å². The molecule has 1 fully saturated rings. The lowest BCUT2D eigenvalue weighted by Crippen LogP contribution is -2.39. The molecule has 0 N–H and O–H groups in total. The van der Waals surface area contributed by atoms with Crippen LogP contribution in [0.4, 0.5) is 0 Å². The summed E-state index contributed by atoms with van der Waals surface area (Å²) < 4.78 is 0. The maximum absolute atomic E-state index is 12.3. The maximum Gasteiger partial charge on any atom is 0.253 e. The molecule has 0 aromatic heterocycles. The van der Waals surface area contributed by atoms with E-state index in [0.29, 0.717) is 0 Å². The van der Waals surface area contributed by atoms with Gasteiger partial charge < -0.3 is 4.90 Å². The van der Waals surface area contributed by atoms with E-state index in [1.165, 1.54) is 5.56 Å². The fourth-order valence-electron chi connectivity index (χ4n) is 2.21. The Morgan fingerprint density at radius 2 is 1.94 bits per heavy atom. The Kier molecular flexibility index (Phi) is 5.13. The van der Waals surface area contributed by atoms with Crippen LogP contribution in [0.15, 0.2) is 24.3 Å². The Balaban J connectivity index is 1.98. The molecular weight excluding hydrogens is 310 g/mol. The first-order chi connectivity index (χ1) is 8.74. The number of carbonyl (C=O) groups excluding carboxylic acids is 1. The van der Waals surface area contributed by atoms with Crippen molar-refractivity contribution in [3.8, 4) is 0 Å². The van der Waals surface area contributed by atoms with Gasteiger partial charge in [0.25, 0.3) is 5.91 Å². The lowest BCUT2D eigenvalue weighted by Gasteiger charge is -2.31. The van der Waals surface area contributed by atoms with Crippen LogP contribution in [0.2, 0.25) is 0 Å². The minimum atomic E-state index is 0.177. The Bertz CT molecular complexity index is 399. The summed E-state index contributed by atoms with van der Waals surface area (Å²) in [6.07, 6.45) is 4.39. The lowest BCUT2D eigenvalue weighted by atomic mass is 10.1. The molecule has 0 saturated carbocycles. The number of nitrogens with zero attached hydrogens (tertiary/aromatic N) is 1. The van der Waals surface area contributed by atoms with E-state index >= 15 is 0 Å². The van der Waals surface area contributed by atoms with Gasteiger partial charge in [0.05, 0.1) is 0 Å². The number of benzene rings is 1. The van der Waals surface area contributed by atoms with Gasteiger partial charge in [-0.05, 0) is 36.8 Å². The topological polar surface area (TPSA) is 20.3 Å². The molecule has 1 heterocycles. The molecule has 0 atom stereocenters. The van der Waals surface area contributed by atoms with Crippen molar-refractivity contribution in [1.82, 2.24) is 4.90 Å². The Labute approximate surface area is 121 Å². The van der Waals surface area contributed by atoms with Crippen LogP contribution in [0.5, 0.6) is 0 Å². The van der Waals surface area contributed by atoms with Crippen LogP contribution >= 0.6 is 27.7 Å². The van der Waals surface area contributed by atoms with Gasteiger partial charge >= 0.3 is 0 Å². The standard InChI is InChI=1S/C14H18BrNOS/c1-18-13-6-8-16(9-7-13)14(17)12-4-2-11(10-15)3-5-12/h2-5,13H,6-10H2,1H3. The fourth-order valence-corrected chi connectivity index (χ4v) is 3.27. The van der Waals surface area contributed by atoms with Crippen molar-refractivity contribution in [3.63, 3.8) is 0 Å². The zero-order chi connectivity index (χ0) is 13.0. The van der Waals surface area contributed by atoms with Crippen molar-refractivity contribution < 1.29 is 4.79 Å². The number of hydrogen-bond donors (Lipinski definition) is 0. The minimum Gasteiger partial charge on any atom is -0.339 e. The van der Waals surface area contributed by atoms with Crippen molar-refractivity contribution in [2.24, 2.45) is 0 Å². The first kappa shape index (κ1) is 13.9. The molecule has 2 nitrogen and oxygen atoms in total. The molecule has 1 aliphatic rings. The number of thioether (sulfide) groups is 1. The summed E-state index contributed by atoms with van der Waals surface area (Å²) in [5, 5.41) is 1.56. The smallest absolute Gasteiger partial charge is 0.253 e. The molecule has 1 saturated heterocycles. The first-order valence-corrected chi connectivity index (χ1v) is 8.62. The maximum atomic E-state index is 12.3. The van der Waals surface area contributed by atoms with Crippen molar-refractivity contribution in [1.29, 1.82) is 0 Å². The summed E-state index contributed by atoms with van der Waals surface area (Å²) in [5.41, 5.74) is 2.01. The number of amides is 1. The van der Waals surface area contributed by atoms with Crippen molar-refractivity contribution >= 4 is 33.6 Å². The number of likely N-dealkylation sites (tertiary alicyclic amines) is 1. The molecule has 4 heteroatoms. The van der Waals surface area contributed by atoms with Gasteiger partial charge in [-0.25, -0.2) is 0 Å². The zero-order valence-electron chi connectivity index (χ0n) is 10.6. The molecule has 1 aromatic rings. The predicted octanol–water partition coefficient (Wildman–Crippen LogP) is 3.55. The van der Waals surface area contributed by atoms with Gasteiger partial charge in [-0.15, -0.1) is 0 Å². The third-order valence-electron chi connectivity index (χ3n) is 3.42. The van der Waals surface area contributed by atoms with Crippen LogP contribution in [-0.2, 0) is 5.33 Å². The molecule has 0 spiro atoms. The predicted molar refractivity (Wildman–Crippen MR) is 81.5 cm³/mol. The van der Waals surface area contributed by atoms with Gasteiger partial charge in [0, 0.05) is 29.2 Å². The van der Waals surface area contributed by atoms with Gasteiger partial charge in [-0.3, -0.25) is 4.79 Å². The largest absolute Gasteiger partial charge is 0.339 e. The third-order valence-corrected chi connectivity index (χ3v) is 5.20. The summed E-state index contributed by atoms with van der Waals surface area (Å²) in [4.78, 5) is 14.3. The van der Waals surface area contributed by atoms with Gasteiger partial charge in [0.2, 0.25) is 0 Å². The van der Waals surface area contributed by atoms with Crippen LogP contribution in [0.25, 0.3) is 0 Å². The molecule has 0 unspecified atom stereocenters. The number of hydrogen-bond acceptors (Lipinski definition) is 2. The van der Waals surface area contributed by atoms with E-state index in [2.05, 4.69) is 22.2 Å². The highest BCUT2D eigenvalue weighted by atomic mass is 79.9. The number of rotatable bonds is 3. The van der Waals surface area contributed by atoms with Gasteiger partial charge in [0.15, 0.2) is 0 Å².